The normalized spacial score (nSPS) is 20.5. The molecule has 0 spiro atoms. The van der Waals surface area contributed by atoms with Gasteiger partial charge in [0.15, 0.2) is 0 Å². The van der Waals surface area contributed by atoms with Gasteiger partial charge in [-0.15, -0.1) is 0 Å². The lowest BCUT2D eigenvalue weighted by Crippen LogP contribution is -2.14. The minimum absolute atomic E-state index is 0.363. The van der Waals surface area contributed by atoms with Crippen molar-refractivity contribution in [3.05, 3.63) is 29.8 Å². The molecule has 1 aliphatic heterocycles. The van der Waals surface area contributed by atoms with Gasteiger partial charge >= 0.3 is 0 Å². The first-order valence-corrected chi connectivity index (χ1v) is 4.17. The number of nitrogens with one attached hydrogen (secondary N) is 1. The second-order valence-electron chi connectivity index (χ2n) is 2.75. The lowest BCUT2D eigenvalue weighted by Gasteiger charge is -2.01. The number of thiocarbonyl (C=S) groups is 1. The molecule has 2 heteroatoms. The minimum atomic E-state index is 0.363. The summed E-state index contributed by atoms with van der Waals surface area (Å²) in [5.74, 6) is 0. The topological polar surface area (TPSA) is 12.0 Å². The number of hydrogen-bond donors (Lipinski definition) is 1. The Morgan fingerprint density at radius 3 is 3.00 bits per heavy atom. The van der Waals surface area contributed by atoms with Gasteiger partial charge in [-0.2, -0.15) is 0 Å². The molecule has 1 aromatic rings. The van der Waals surface area contributed by atoms with Crippen molar-refractivity contribution in [1.82, 2.24) is 0 Å². The Kier molecular flexibility index (Phi) is 1.62. The van der Waals surface area contributed by atoms with E-state index in [4.69, 9.17) is 12.2 Å². The van der Waals surface area contributed by atoms with Crippen molar-refractivity contribution in [2.45, 2.75) is 12.5 Å². The van der Waals surface area contributed by atoms with E-state index in [1.165, 1.54) is 11.3 Å². The van der Waals surface area contributed by atoms with E-state index in [9.17, 15) is 0 Å². The summed E-state index contributed by atoms with van der Waals surface area (Å²) in [6, 6.07) is 8.70. The Morgan fingerprint density at radius 1 is 1.45 bits per heavy atom. The second kappa shape index (κ2) is 2.62. The maximum atomic E-state index is 4.87. The van der Waals surface area contributed by atoms with Gasteiger partial charge in [-0.1, -0.05) is 30.4 Å². The lowest BCUT2D eigenvalue weighted by molar-refractivity contribution is 0.999. The lowest BCUT2D eigenvalue weighted by atomic mass is 10.1. The van der Waals surface area contributed by atoms with Crippen LogP contribution in [0.1, 0.15) is 5.56 Å². The van der Waals surface area contributed by atoms with Crippen LogP contribution >= 0.6 is 12.2 Å². The maximum absolute atomic E-state index is 4.87. The van der Waals surface area contributed by atoms with Crippen LogP contribution in [0.25, 0.3) is 0 Å². The maximum Gasteiger partial charge on any atom is 0.0588 e. The van der Waals surface area contributed by atoms with E-state index in [0.29, 0.717) is 6.04 Å². The molecule has 0 amide bonds. The molecule has 1 aromatic carbocycles. The van der Waals surface area contributed by atoms with Crippen LogP contribution in [0.15, 0.2) is 24.3 Å². The minimum Gasteiger partial charge on any atom is -0.377 e. The molecule has 56 valence electrons. The Morgan fingerprint density at radius 2 is 2.27 bits per heavy atom. The van der Waals surface area contributed by atoms with Gasteiger partial charge in [0.2, 0.25) is 0 Å². The quantitative estimate of drug-likeness (QED) is 0.636. The van der Waals surface area contributed by atoms with Crippen molar-refractivity contribution in [3.63, 3.8) is 0 Å². The molecule has 1 unspecified atom stereocenters. The van der Waals surface area contributed by atoms with Crippen LogP contribution in [-0.2, 0) is 6.42 Å². The fourth-order valence-electron chi connectivity index (χ4n) is 1.41. The van der Waals surface area contributed by atoms with Crippen LogP contribution in [0.2, 0.25) is 0 Å². The highest BCUT2D eigenvalue weighted by atomic mass is 32.1. The Labute approximate surface area is 71.4 Å². The number of hydrogen-bond acceptors (Lipinski definition) is 2. The largest absolute Gasteiger partial charge is 0.377 e. The van der Waals surface area contributed by atoms with E-state index >= 15 is 0 Å². The van der Waals surface area contributed by atoms with Gasteiger partial charge in [-0.05, 0) is 18.1 Å². The molecule has 1 aliphatic rings. The van der Waals surface area contributed by atoms with Crippen LogP contribution in [0.3, 0.4) is 0 Å². The monoisotopic (exact) mass is 163 g/mol. The van der Waals surface area contributed by atoms with E-state index in [2.05, 4.69) is 23.5 Å². The number of para-hydroxylation sites is 1. The highest BCUT2D eigenvalue weighted by Crippen LogP contribution is 2.23. The van der Waals surface area contributed by atoms with E-state index in [1.54, 1.807) is 5.37 Å². The molecule has 11 heavy (non-hydrogen) atoms. The third kappa shape index (κ3) is 1.14. The average molecular weight is 163 g/mol. The predicted molar refractivity (Wildman–Crippen MR) is 51.2 cm³/mol. The molecule has 2 rings (SSSR count). The SMILES string of the molecule is S=CC1Cc2ccccc2N1. The molecular weight excluding hydrogens is 154 g/mol. The van der Waals surface area contributed by atoms with Crippen molar-refractivity contribution < 1.29 is 0 Å². The number of fused-ring (bicyclic) bond motifs is 1. The van der Waals surface area contributed by atoms with Crippen LogP contribution in [0.4, 0.5) is 5.69 Å². The van der Waals surface area contributed by atoms with Crippen LogP contribution in [-0.4, -0.2) is 11.4 Å². The van der Waals surface area contributed by atoms with Crippen molar-refractivity contribution in [2.75, 3.05) is 5.32 Å². The molecule has 0 aliphatic carbocycles. The number of benzene rings is 1. The fourth-order valence-corrected chi connectivity index (χ4v) is 1.57. The standard InChI is InChI=1S/C9H9NS/c11-6-8-5-7-3-1-2-4-9(7)10-8/h1-4,6,8,10H,5H2. The summed E-state index contributed by atoms with van der Waals surface area (Å²) >= 11 is 4.87. The predicted octanol–water partition coefficient (Wildman–Crippen LogP) is 2.02. The van der Waals surface area contributed by atoms with Crippen molar-refractivity contribution in [3.8, 4) is 0 Å². The second-order valence-corrected chi connectivity index (χ2v) is 3.02. The third-order valence-corrected chi connectivity index (χ3v) is 2.29. The van der Waals surface area contributed by atoms with Crippen molar-refractivity contribution >= 4 is 23.3 Å². The first-order chi connectivity index (χ1) is 5.40. The zero-order valence-electron chi connectivity index (χ0n) is 6.08. The molecule has 0 fully saturated rings. The summed E-state index contributed by atoms with van der Waals surface area (Å²) in [5.41, 5.74) is 2.61. The molecule has 0 radical (unpaired) electrons. The summed E-state index contributed by atoms with van der Waals surface area (Å²) < 4.78 is 0. The summed E-state index contributed by atoms with van der Waals surface area (Å²) in [6.07, 6.45) is 1.04. The molecule has 1 heterocycles. The van der Waals surface area contributed by atoms with Crippen molar-refractivity contribution in [2.24, 2.45) is 0 Å². The summed E-state index contributed by atoms with van der Waals surface area (Å²) in [5, 5.41) is 5.12. The smallest absolute Gasteiger partial charge is 0.0588 e. The van der Waals surface area contributed by atoms with E-state index in [1.807, 2.05) is 6.07 Å². The first-order valence-electron chi connectivity index (χ1n) is 3.70. The molecule has 0 bridgehead atoms. The molecular formula is C9H9NS. The Bertz CT molecular complexity index is 258. The zero-order valence-corrected chi connectivity index (χ0v) is 6.90. The number of anilines is 1. The summed E-state index contributed by atoms with van der Waals surface area (Å²) in [6.45, 7) is 0. The molecule has 1 atom stereocenters. The van der Waals surface area contributed by atoms with Crippen LogP contribution in [0.5, 0.6) is 0 Å². The van der Waals surface area contributed by atoms with Gasteiger partial charge in [0, 0.05) is 11.1 Å². The van der Waals surface area contributed by atoms with Gasteiger partial charge in [-0.3, -0.25) is 0 Å². The van der Waals surface area contributed by atoms with Gasteiger partial charge in [0.1, 0.15) is 0 Å². The average Bonchev–Trinajstić information content (AvgIpc) is 2.46. The van der Waals surface area contributed by atoms with E-state index < -0.39 is 0 Å². The first kappa shape index (κ1) is 6.80. The van der Waals surface area contributed by atoms with E-state index in [0.717, 1.165) is 6.42 Å². The highest BCUT2D eigenvalue weighted by molar-refractivity contribution is 7.79. The molecule has 0 aromatic heterocycles. The zero-order chi connectivity index (χ0) is 7.68. The molecule has 1 N–H and O–H groups in total. The van der Waals surface area contributed by atoms with Gasteiger partial charge in [0.25, 0.3) is 0 Å². The van der Waals surface area contributed by atoms with Gasteiger partial charge < -0.3 is 5.32 Å². The molecule has 1 nitrogen and oxygen atoms in total. The van der Waals surface area contributed by atoms with Crippen LogP contribution in [0, 0.1) is 0 Å². The third-order valence-electron chi connectivity index (χ3n) is 1.96. The highest BCUT2D eigenvalue weighted by Gasteiger charge is 2.16. The van der Waals surface area contributed by atoms with Crippen molar-refractivity contribution in [1.29, 1.82) is 0 Å². The Hall–Kier alpha value is -0.890. The molecule has 0 saturated heterocycles. The Balaban J connectivity index is 2.33. The van der Waals surface area contributed by atoms with Gasteiger partial charge in [0.05, 0.1) is 6.04 Å². The summed E-state index contributed by atoms with van der Waals surface area (Å²) in [4.78, 5) is 0. The summed E-state index contributed by atoms with van der Waals surface area (Å²) in [7, 11) is 0. The van der Waals surface area contributed by atoms with E-state index in [-0.39, 0.29) is 0 Å². The van der Waals surface area contributed by atoms with Crippen LogP contribution < -0.4 is 5.32 Å². The molecule has 0 saturated carbocycles. The van der Waals surface area contributed by atoms with Gasteiger partial charge in [-0.25, -0.2) is 0 Å². The number of rotatable bonds is 1. The fraction of sp³-hybridized carbons (Fsp3) is 0.222.